The molecule has 2 aliphatic rings. The summed E-state index contributed by atoms with van der Waals surface area (Å²) in [6, 6.07) is 6.19. The minimum absolute atomic E-state index is 0.0449. The molecule has 0 radical (unpaired) electrons. The summed E-state index contributed by atoms with van der Waals surface area (Å²) in [5.74, 6) is -1.06. The third kappa shape index (κ3) is 6.01. The number of carboxylic acid groups (broad SMARTS) is 1. The first-order valence-corrected chi connectivity index (χ1v) is 10.9. The Balaban J connectivity index is 1.53. The highest BCUT2D eigenvalue weighted by Crippen LogP contribution is 2.34. The maximum absolute atomic E-state index is 12.3. The van der Waals surface area contributed by atoms with Crippen LogP contribution in [0.25, 0.3) is 0 Å². The second-order valence-corrected chi connectivity index (χ2v) is 8.63. The number of piperazine rings is 1. The van der Waals surface area contributed by atoms with E-state index in [2.05, 4.69) is 21.5 Å². The molecule has 156 valence electrons. The van der Waals surface area contributed by atoms with Crippen molar-refractivity contribution in [3.05, 3.63) is 47.1 Å². The van der Waals surface area contributed by atoms with Gasteiger partial charge in [0, 0.05) is 61.0 Å². The van der Waals surface area contributed by atoms with E-state index in [4.69, 9.17) is 16.7 Å². The second-order valence-electron chi connectivity index (χ2n) is 7.03. The number of halogens is 1. The summed E-state index contributed by atoms with van der Waals surface area (Å²) in [7, 11) is 0. The van der Waals surface area contributed by atoms with E-state index in [0.717, 1.165) is 48.9 Å². The van der Waals surface area contributed by atoms with Gasteiger partial charge in [-0.05, 0) is 55.1 Å². The predicted molar refractivity (Wildman–Crippen MR) is 117 cm³/mol. The molecule has 0 bridgehead atoms. The van der Waals surface area contributed by atoms with Crippen molar-refractivity contribution in [3.63, 3.8) is 0 Å². The zero-order chi connectivity index (χ0) is 20.8. The number of amides is 1. The number of carbonyl (C=O) groups is 2. The molecule has 1 aromatic rings. The zero-order valence-corrected chi connectivity index (χ0v) is 18.1. The number of carboxylic acids is 1. The topological polar surface area (TPSA) is 64.1 Å². The van der Waals surface area contributed by atoms with Gasteiger partial charge in [0.25, 0.3) is 0 Å². The van der Waals surface area contributed by atoms with E-state index in [0.29, 0.717) is 6.54 Å². The van der Waals surface area contributed by atoms with Gasteiger partial charge >= 0.3 is 5.97 Å². The van der Waals surface area contributed by atoms with Gasteiger partial charge in [-0.3, -0.25) is 9.59 Å². The fraction of sp³-hybridized carbons (Fsp3) is 0.429. The molecule has 0 aromatic heterocycles. The molecule has 29 heavy (non-hydrogen) atoms. The van der Waals surface area contributed by atoms with E-state index >= 15 is 0 Å². The van der Waals surface area contributed by atoms with E-state index in [9.17, 15) is 9.59 Å². The molecule has 1 N–H and O–H groups in total. The molecule has 0 aliphatic carbocycles. The first kappa shape index (κ1) is 21.7. The molecule has 0 spiro atoms. The fourth-order valence-corrected chi connectivity index (χ4v) is 4.43. The number of fused-ring (bicyclic) bond motifs is 1. The number of anilines is 1. The smallest absolute Gasteiger partial charge is 0.303 e. The summed E-state index contributed by atoms with van der Waals surface area (Å²) in [4.78, 5) is 28.1. The van der Waals surface area contributed by atoms with Gasteiger partial charge < -0.3 is 14.9 Å². The van der Waals surface area contributed by atoms with Gasteiger partial charge in [0.2, 0.25) is 5.91 Å². The summed E-state index contributed by atoms with van der Waals surface area (Å²) in [5.41, 5.74) is 2.07. The van der Waals surface area contributed by atoms with E-state index in [1.807, 2.05) is 31.2 Å². The Labute approximate surface area is 180 Å². The van der Waals surface area contributed by atoms with E-state index in [-0.39, 0.29) is 18.7 Å². The number of benzene rings is 1. The van der Waals surface area contributed by atoms with Crippen LogP contribution in [0.3, 0.4) is 0 Å². The molecule has 1 amide bonds. The van der Waals surface area contributed by atoms with Crippen LogP contribution in [0.15, 0.2) is 46.5 Å². The van der Waals surface area contributed by atoms with Crippen molar-refractivity contribution in [2.45, 2.75) is 31.1 Å². The lowest BCUT2D eigenvalue weighted by Crippen LogP contribution is -2.40. The highest BCUT2D eigenvalue weighted by Gasteiger charge is 2.25. The number of aliphatic carboxylic acids is 1. The first-order chi connectivity index (χ1) is 14.0. The van der Waals surface area contributed by atoms with Crippen LogP contribution in [-0.4, -0.2) is 58.9 Å². The Morgan fingerprint density at radius 2 is 1.93 bits per heavy atom. The molecular weight excluding hydrogens is 410 g/mol. The average molecular weight is 436 g/mol. The summed E-state index contributed by atoms with van der Waals surface area (Å²) in [5, 5.41) is 9.53. The van der Waals surface area contributed by atoms with Gasteiger partial charge in [0.15, 0.2) is 0 Å². The SMILES string of the molecule is CC=C(Cl)C=CN1CCN(Sc2ccc3c(c2)CCN3C(=O)CCC(=O)O)CC1. The molecular formula is C21H26ClN3O3S. The monoisotopic (exact) mass is 435 g/mol. The number of carbonyl (C=O) groups excluding carboxylic acids is 1. The lowest BCUT2D eigenvalue weighted by atomic mass is 10.2. The number of allylic oxidation sites excluding steroid dienone is 3. The molecule has 8 heteroatoms. The van der Waals surface area contributed by atoms with Crippen molar-refractivity contribution < 1.29 is 14.7 Å². The predicted octanol–water partition coefficient (Wildman–Crippen LogP) is 3.72. The fourth-order valence-electron chi connectivity index (χ4n) is 3.41. The van der Waals surface area contributed by atoms with Crippen LogP contribution in [0.5, 0.6) is 0 Å². The Hall–Kier alpha value is -1.96. The van der Waals surface area contributed by atoms with Crippen molar-refractivity contribution in [2.75, 3.05) is 37.6 Å². The van der Waals surface area contributed by atoms with E-state index in [1.54, 1.807) is 16.8 Å². The van der Waals surface area contributed by atoms with Crippen LogP contribution >= 0.6 is 23.5 Å². The van der Waals surface area contributed by atoms with Gasteiger partial charge in [0.05, 0.1) is 6.42 Å². The van der Waals surface area contributed by atoms with Crippen LogP contribution < -0.4 is 4.90 Å². The average Bonchev–Trinajstić information content (AvgIpc) is 3.14. The van der Waals surface area contributed by atoms with Gasteiger partial charge in [-0.15, -0.1) is 0 Å². The van der Waals surface area contributed by atoms with Crippen LogP contribution in [0, 0.1) is 0 Å². The second kappa shape index (κ2) is 10.2. The summed E-state index contributed by atoms with van der Waals surface area (Å²) >= 11 is 7.76. The molecule has 0 saturated carbocycles. The summed E-state index contributed by atoms with van der Waals surface area (Å²) in [6.07, 6.45) is 6.58. The molecule has 6 nitrogen and oxygen atoms in total. The van der Waals surface area contributed by atoms with Crippen LogP contribution in [-0.2, 0) is 16.0 Å². The Morgan fingerprint density at radius 3 is 2.62 bits per heavy atom. The van der Waals surface area contributed by atoms with Gasteiger partial charge in [0.1, 0.15) is 0 Å². The standard InChI is InChI=1S/C21H26ClN3O3S/c1-2-17(22)8-9-23-11-13-24(14-12-23)29-18-3-4-19-16(15-18)7-10-25(19)20(26)5-6-21(27)28/h2-4,8-9,15H,5-7,10-14H2,1H3,(H,27,28). The van der Waals surface area contributed by atoms with Gasteiger partial charge in [-0.1, -0.05) is 17.7 Å². The number of rotatable bonds is 7. The Kier molecular flexibility index (Phi) is 7.64. The molecule has 0 unspecified atom stereocenters. The van der Waals surface area contributed by atoms with Crippen LogP contribution in [0.2, 0.25) is 0 Å². The Bertz CT molecular complexity index is 819. The van der Waals surface area contributed by atoms with Crippen molar-refractivity contribution in [1.82, 2.24) is 9.21 Å². The van der Waals surface area contributed by atoms with Crippen molar-refractivity contribution in [2.24, 2.45) is 0 Å². The van der Waals surface area contributed by atoms with Crippen molar-refractivity contribution in [3.8, 4) is 0 Å². The van der Waals surface area contributed by atoms with Crippen LogP contribution in [0.4, 0.5) is 5.69 Å². The van der Waals surface area contributed by atoms with Gasteiger partial charge in [-0.25, -0.2) is 4.31 Å². The normalized spacial score (nSPS) is 17.8. The minimum Gasteiger partial charge on any atom is -0.481 e. The highest BCUT2D eigenvalue weighted by molar-refractivity contribution is 7.97. The summed E-state index contributed by atoms with van der Waals surface area (Å²) in [6.45, 7) is 6.37. The molecule has 1 aromatic carbocycles. The number of nitrogens with zero attached hydrogens (tertiary/aromatic N) is 3. The molecule has 0 atom stereocenters. The number of hydrogen-bond acceptors (Lipinski definition) is 5. The van der Waals surface area contributed by atoms with Crippen molar-refractivity contribution >= 4 is 41.1 Å². The van der Waals surface area contributed by atoms with E-state index in [1.165, 1.54) is 4.90 Å². The minimum atomic E-state index is -0.940. The quantitative estimate of drug-likeness (QED) is 0.520. The third-order valence-corrected chi connectivity index (χ3v) is 6.46. The lowest BCUT2D eigenvalue weighted by Gasteiger charge is -2.33. The molecule has 1 saturated heterocycles. The molecule has 2 heterocycles. The maximum atomic E-state index is 12.3. The van der Waals surface area contributed by atoms with Gasteiger partial charge in [-0.2, -0.15) is 0 Å². The lowest BCUT2D eigenvalue weighted by molar-refractivity contribution is -0.138. The summed E-state index contributed by atoms with van der Waals surface area (Å²) < 4.78 is 2.36. The zero-order valence-electron chi connectivity index (χ0n) is 16.5. The molecule has 3 rings (SSSR count). The van der Waals surface area contributed by atoms with Crippen LogP contribution in [0.1, 0.15) is 25.3 Å². The maximum Gasteiger partial charge on any atom is 0.303 e. The van der Waals surface area contributed by atoms with E-state index < -0.39 is 5.97 Å². The highest BCUT2D eigenvalue weighted by atomic mass is 35.5. The number of hydrogen-bond donors (Lipinski definition) is 1. The first-order valence-electron chi connectivity index (χ1n) is 9.78. The molecule has 1 fully saturated rings. The third-order valence-electron chi connectivity index (χ3n) is 5.03. The van der Waals surface area contributed by atoms with Crippen molar-refractivity contribution in [1.29, 1.82) is 0 Å². The molecule has 2 aliphatic heterocycles. The largest absolute Gasteiger partial charge is 0.481 e. The Morgan fingerprint density at radius 1 is 1.17 bits per heavy atom.